The Kier molecular flexibility index (Phi) is 5.47. The summed E-state index contributed by atoms with van der Waals surface area (Å²) < 4.78 is 4.77. The molecule has 0 saturated heterocycles. The maximum absolute atomic E-state index is 5.09. The van der Waals surface area contributed by atoms with Gasteiger partial charge in [0.05, 0.1) is 22.1 Å². The molecular formula is C48H28N4. The fraction of sp³-hybridized carbons (Fsp3) is 0. The maximum atomic E-state index is 5.09. The molecule has 0 radical (unpaired) electrons. The van der Waals surface area contributed by atoms with Crippen LogP contribution in [-0.4, -0.2) is 19.1 Å². The van der Waals surface area contributed by atoms with E-state index in [0.717, 1.165) is 39.1 Å². The highest BCUT2D eigenvalue weighted by Crippen LogP contribution is 2.50. The summed E-state index contributed by atoms with van der Waals surface area (Å²) in [6.45, 7) is 0. The summed E-state index contributed by atoms with van der Waals surface area (Å²) in [5, 5.41) is 9.82. The van der Waals surface area contributed by atoms with Crippen LogP contribution in [0.3, 0.4) is 0 Å². The average molecular weight is 661 g/mol. The van der Waals surface area contributed by atoms with Crippen molar-refractivity contribution in [2.45, 2.75) is 0 Å². The molecule has 4 nitrogen and oxygen atoms in total. The lowest BCUT2D eigenvalue weighted by Crippen LogP contribution is -2.00. The van der Waals surface area contributed by atoms with Crippen molar-refractivity contribution in [3.63, 3.8) is 0 Å². The zero-order valence-electron chi connectivity index (χ0n) is 28.0. The molecule has 0 amide bonds. The van der Waals surface area contributed by atoms with Crippen LogP contribution in [-0.2, 0) is 0 Å². The molecule has 1 aliphatic rings. The zero-order chi connectivity index (χ0) is 33.9. The predicted octanol–water partition coefficient (Wildman–Crippen LogP) is 12.3. The Balaban J connectivity index is 1.09. The van der Waals surface area contributed by atoms with E-state index in [1.165, 1.54) is 71.0 Å². The first-order valence-corrected chi connectivity index (χ1v) is 17.7. The van der Waals surface area contributed by atoms with Crippen molar-refractivity contribution in [3.05, 3.63) is 170 Å². The number of nitrogens with zero attached hydrogens (tertiary/aromatic N) is 4. The Hall–Kier alpha value is -7.04. The van der Waals surface area contributed by atoms with Gasteiger partial charge in [0.15, 0.2) is 0 Å². The molecule has 0 unspecified atom stereocenters. The minimum absolute atomic E-state index is 0.935. The fourth-order valence-corrected chi connectivity index (χ4v) is 8.95. The summed E-state index contributed by atoms with van der Waals surface area (Å²) in [5.41, 5.74) is 13.0. The van der Waals surface area contributed by atoms with E-state index in [1.807, 2.05) is 18.6 Å². The molecule has 0 aliphatic heterocycles. The molecule has 12 rings (SSSR count). The molecule has 11 aromatic rings. The maximum Gasteiger partial charge on any atom is 0.146 e. The third-order valence-corrected chi connectivity index (χ3v) is 11.2. The lowest BCUT2D eigenvalue weighted by atomic mass is 10.00. The van der Waals surface area contributed by atoms with E-state index in [1.54, 1.807) is 0 Å². The number of aromatic nitrogens is 4. The number of pyridine rings is 2. The second kappa shape index (κ2) is 10.3. The van der Waals surface area contributed by atoms with Gasteiger partial charge in [-0.05, 0) is 76.2 Å². The molecule has 0 bridgehead atoms. The monoisotopic (exact) mass is 660 g/mol. The summed E-state index contributed by atoms with van der Waals surface area (Å²) >= 11 is 0. The van der Waals surface area contributed by atoms with E-state index >= 15 is 0 Å². The van der Waals surface area contributed by atoms with Crippen molar-refractivity contribution >= 4 is 65.2 Å². The molecule has 240 valence electrons. The van der Waals surface area contributed by atoms with Gasteiger partial charge in [0, 0.05) is 73.1 Å². The van der Waals surface area contributed by atoms with Crippen LogP contribution in [0.15, 0.2) is 170 Å². The highest BCUT2D eigenvalue weighted by Gasteiger charge is 2.27. The Bertz CT molecular complexity index is 3290. The molecule has 4 heterocycles. The van der Waals surface area contributed by atoms with Gasteiger partial charge in [-0.3, -0.25) is 9.55 Å². The normalized spacial score (nSPS) is 12.2. The highest BCUT2D eigenvalue weighted by atomic mass is 15.1. The Morgan fingerprint density at radius 3 is 2.00 bits per heavy atom. The fourth-order valence-electron chi connectivity index (χ4n) is 8.95. The molecule has 0 fully saturated rings. The van der Waals surface area contributed by atoms with Crippen LogP contribution in [0.4, 0.5) is 0 Å². The summed E-state index contributed by atoms with van der Waals surface area (Å²) in [4.78, 5) is 9.73. The molecule has 0 atom stereocenters. The van der Waals surface area contributed by atoms with E-state index in [0.29, 0.717) is 0 Å². The van der Waals surface area contributed by atoms with Gasteiger partial charge in [-0.25, -0.2) is 4.98 Å². The van der Waals surface area contributed by atoms with Gasteiger partial charge in [-0.15, -0.1) is 0 Å². The van der Waals surface area contributed by atoms with Gasteiger partial charge >= 0.3 is 0 Å². The third kappa shape index (κ3) is 3.65. The van der Waals surface area contributed by atoms with Crippen molar-refractivity contribution in [3.8, 4) is 44.9 Å². The zero-order valence-corrected chi connectivity index (χ0v) is 28.0. The first-order chi connectivity index (χ1) is 25.8. The molecule has 4 aromatic heterocycles. The third-order valence-electron chi connectivity index (χ3n) is 11.2. The summed E-state index contributed by atoms with van der Waals surface area (Å²) in [7, 11) is 0. The van der Waals surface area contributed by atoms with E-state index in [9.17, 15) is 0 Å². The van der Waals surface area contributed by atoms with Crippen LogP contribution < -0.4 is 0 Å². The van der Waals surface area contributed by atoms with E-state index in [4.69, 9.17) is 4.98 Å². The summed E-state index contributed by atoms with van der Waals surface area (Å²) in [6, 6.07) is 55.2. The Morgan fingerprint density at radius 2 is 1.13 bits per heavy atom. The van der Waals surface area contributed by atoms with Crippen molar-refractivity contribution in [1.82, 2.24) is 19.1 Å². The van der Waals surface area contributed by atoms with Gasteiger partial charge in [0.25, 0.3) is 0 Å². The van der Waals surface area contributed by atoms with Crippen LogP contribution in [0.25, 0.3) is 110 Å². The Morgan fingerprint density at radius 1 is 0.423 bits per heavy atom. The highest BCUT2D eigenvalue weighted by molar-refractivity contribution is 6.20. The van der Waals surface area contributed by atoms with Crippen LogP contribution in [0, 0.1) is 0 Å². The van der Waals surface area contributed by atoms with Gasteiger partial charge in [0.2, 0.25) is 0 Å². The Labute approximate surface area is 298 Å². The van der Waals surface area contributed by atoms with E-state index in [2.05, 4.69) is 166 Å². The van der Waals surface area contributed by atoms with Crippen LogP contribution in [0.1, 0.15) is 0 Å². The minimum atomic E-state index is 0.935. The van der Waals surface area contributed by atoms with Crippen molar-refractivity contribution in [2.24, 2.45) is 0 Å². The molecule has 4 heteroatoms. The predicted molar refractivity (Wildman–Crippen MR) is 216 cm³/mol. The van der Waals surface area contributed by atoms with Crippen LogP contribution in [0.2, 0.25) is 0 Å². The molecule has 0 saturated carbocycles. The summed E-state index contributed by atoms with van der Waals surface area (Å²) in [5.74, 6) is 0.935. The largest absolute Gasteiger partial charge is 0.309 e. The molecular weight excluding hydrogens is 633 g/mol. The standard InChI is InChI=1S/C48H28N4/c1-2-11-33(12-3-1)51-43-21-18-31(26-40(43)38-20-17-29-9-4-5-13-34(29)47(38)51)30-19-22-44-39(25-30)35-14-6-7-16-42(35)52(44)48-46-37(23-24-50-48)36-15-8-10-32-27-49-28-41(46)45(32)36/h1-28H. The minimum Gasteiger partial charge on any atom is -0.309 e. The van der Waals surface area contributed by atoms with Gasteiger partial charge in [-0.1, -0.05) is 103 Å². The first-order valence-electron chi connectivity index (χ1n) is 17.7. The molecule has 7 aromatic carbocycles. The number of hydrogen-bond donors (Lipinski definition) is 0. The number of fused-ring (bicyclic) bond motifs is 11. The molecule has 1 aliphatic carbocycles. The average Bonchev–Trinajstić information content (AvgIpc) is 3.85. The number of hydrogen-bond acceptors (Lipinski definition) is 2. The van der Waals surface area contributed by atoms with Gasteiger partial charge in [-0.2, -0.15) is 0 Å². The number of para-hydroxylation sites is 2. The van der Waals surface area contributed by atoms with Crippen molar-refractivity contribution < 1.29 is 0 Å². The van der Waals surface area contributed by atoms with Crippen molar-refractivity contribution in [1.29, 1.82) is 0 Å². The summed E-state index contributed by atoms with van der Waals surface area (Å²) in [6.07, 6.45) is 5.91. The second-order valence-electron chi connectivity index (χ2n) is 13.8. The first kappa shape index (κ1) is 27.7. The SMILES string of the molecule is c1ccc(-n2c3ccc(-c4ccc5c(c4)c4ccccc4n5-c4nccc5c4-c4cncc6cccc-5c46)cc3c3ccc4ccccc4c32)cc1. The lowest BCUT2D eigenvalue weighted by Gasteiger charge is -2.13. The molecule has 0 spiro atoms. The van der Waals surface area contributed by atoms with Gasteiger partial charge in [0.1, 0.15) is 5.82 Å². The van der Waals surface area contributed by atoms with Gasteiger partial charge < -0.3 is 4.57 Å². The smallest absolute Gasteiger partial charge is 0.146 e. The topological polar surface area (TPSA) is 35.6 Å². The molecule has 0 N–H and O–H groups in total. The number of benzene rings is 7. The molecule has 52 heavy (non-hydrogen) atoms. The number of rotatable bonds is 3. The second-order valence-corrected chi connectivity index (χ2v) is 13.8. The van der Waals surface area contributed by atoms with Crippen LogP contribution >= 0.6 is 0 Å². The quantitative estimate of drug-likeness (QED) is 0.189. The van der Waals surface area contributed by atoms with Crippen LogP contribution in [0.5, 0.6) is 0 Å². The van der Waals surface area contributed by atoms with Crippen molar-refractivity contribution in [2.75, 3.05) is 0 Å². The lowest BCUT2D eigenvalue weighted by molar-refractivity contribution is 1.09. The van der Waals surface area contributed by atoms with E-state index < -0.39 is 0 Å². The van der Waals surface area contributed by atoms with E-state index in [-0.39, 0.29) is 0 Å².